The molecule has 0 saturated carbocycles. The summed E-state index contributed by atoms with van der Waals surface area (Å²) in [5, 5.41) is 9.80. The molecule has 44 heavy (non-hydrogen) atoms. The third kappa shape index (κ3) is 5.07. The van der Waals surface area contributed by atoms with E-state index in [9.17, 15) is 18.8 Å². The summed E-state index contributed by atoms with van der Waals surface area (Å²) in [4.78, 5) is 55.5. The lowest BCUT2D eigenvalue weighted by Gasteiger charge is -2.40. The van der Waals surface area contributed by atoms with Gasteiger partial charge in [0.2, 0.25) is 0 Å². The molecule has 0 aliphatic carbocycles. The van der Waals surface area contributed by atoms with Gasteiger partial charge in [-0.25, -0.2) is 23.5 Å². The van der Waals surface area contributed by atoms with Gasteiger partial charge < -0.3 is 19.6 Å². The van der Waals surface area contributed by atoms with Gasteiger partial charge in [-0.3, -0.25) is 9.78 Å². The predicted molar refractivity (Wildman–Crippen MR) is 162 cm³/mol. The van der Waals surface area contributed by atoms with Gasteiger partial charge in [-0.2, -0.15) is 4.98 Å². The minimum absolute atomic E-state index is 0.0355. The molecule has 1 aromatic carbocycles. The number of carbonyl (C=O) groups is 2. The van der Waals surface area contributed by atoms with Crippen LogP contribution in [0.25, 0.3) is 28.0 Å². The van der Waals surface area contributed by atoms with Gasteiger partial charge in [-0.15, -0.1) is 0 Å². The molecule has 0 bridgehead atoms. The number of pyridine rings is 2. The number of benzene rings is 1. The first-order valence-corrected chi connectivity index (χ1v) is 14.6. The Morgan fingerprint density at radius 2 is 1.89 bits per heavy atom. The number of epoxide rings is 1. The quantitative estimate of drug-likeness (QED) is 0.318. The Bertz CT molecular complexity index is 1880. The second-order valence-electron chi connectivity index (χ2n) is 11.4. The van der Waals surface area contributed by atoms with Crippen LogP contribution in [0, 0.1) is 12.7 Å². The number of carboxylic acids is 1. The molecule has 6 rings (SSSR count). The first-order valence-electron chi connectivity index (χ1n) is 14.3. The summed E-state index contributed by atoms with van der Waals surface area (Å²) in [5.74, 6) is -1.77. The van der Waals surface area contributed by atoms with Gasteiger partial charge in [-0.05, 0) is 49.6 Å². The lowest BCUT2D eigenvalue weighted by Crippen LogP contribution is -2.55. The van der Waals surface area contributed by atoms with Crippen molar-refractivity contribution in [2.24, 2.45) is 0 Å². The Morgan fingerprint density at radius 3 is 2.55 bits per heavy atom. The number of carboxylic acid groups (broad SMARTS) is 1. The van der Waals surface area contributed by atoms with E-state index in [1.165, 1.54) is 10.6 Å². The molecule has 1 amide bonds. The summed E-state index contributed by atoms with van der Waals surface area (Å²) >= 11 is 6.76. The maximum absolute atomic E-state index is 15.0. The molecule has 3 atom stereocenters. The maximum Gasteiger partial charge on any atom is 0.355 e. The number of hydrogen-bond donors (Lipinski definition) is 1. The Hall–Kier alpha value is -4.42. The van der Waals surface area contributed by atoms with Gasteiger partial charge in [0.15, 0.2) is 17.9 Å². The van der Waals surface area contributed by atoms with Crippen molar-refractivity contribution in [3.05, 3.63) is 75.2 Å². The number of ether oxygens (including phenoxy) is 1. The number of piperazine rings is 1. The molecule has 2 aliphatic rings. The SMILES string of the molecule is Cc1ccnc(C(C)C)c1-n1c(=O)nc(N2CCN(C(=O)[C@@H]3O[C@H]3C(=O)O)C[C@@H]2C)c2cc(Cl)c(-c3ccccc3F)nc21. The summed E-state index contributed by atoms with van der Waals surface area (Å²) in [6, 6.07) is 9.29. The molecule has 228 valence electrons. The topological polar surface area (TPSA) is 134 Å². The van der Waals surface area contributed by atoms with E-state index >= 15 is 0 Å². The highest BCUT2D eigenvalue weighted by molar-refractivity contribution is 6.33. The lowest BCUT2D eigenvalue weighted by molar-refractivity contribution is -0.139. The molecule has 13 heteroatoms. The van der Waals surface area contributed by atoms with Crippen LogP contribution in [0.5, 0.6) is 0 Å². The number of aliphatic carboxylic acids is 1. The highest BCUT2D eigenvalue weighted by Gasteiger charge is 2.52. The van der Waals surface area contributed by atoms with Crippen molar-refractivity contribution in [1.82, 2.24) is 24.4 Å². The van der Waals surface area contributed by atoms with E-state index in [2.05, 4.69) is 9.97 Å². The van der Waals surface area contributed by atoms with Crippen molar-refractivity contribution in [1.29, 1.82) is 0 Å². The molecule has 11 nitrogen and oxygen atoms in total. The van der Waals surface area contributed by atoms with Crippen LogP contribution in [0.2, 0.25) is 5.02 Å². The van der Waals surface area contributed by atoms with E-state index < -0.39 is 29.7 Å². The van der Waals surface area contributed by atoms with Crippen molar-refractivity contribution in [2.45, 2.75) is 51.9 Å². The summed E-state index contributed by atoms with van der Waals surface area (Å²) in [7, 11) is 0. The number of halogens is 2. The molecule has 3 aromatic heterocycles. The fourth-order valence-electron chi connectivity index (χ4n) is 5.79. The zero-order valence-corrected chi connectivity index (χ0v) is 25.2. The van der Waals surface area contributed by atoms with E-state index in [-0.39, 0.29) is 52.9 Å². The molecule has 2 aliphatic heterocycles. The van der Waals surface area contributed by atoms with Crippen LogP contribution in [-0.4, -0.2) is 79.3 Å². The fourth-order valence-corrected chi connectivity index (χ4v) is 6.05. The van der Waals surface area contributed by atoms with E-state index in [4.69, 9.17) is 26.4 Å². The van der Waals surface area contributed by atoms with Crippen molar-refractivity contribution in [3.63, 3.8) is 0 Å². The number of hydrogen-bond acceptors (Lipinski definition) is 8. The average Bonchev–Trinajstić information content (AvgIpc) is 3.79. The number of carbonyl (C=O) groups excluding carboxylic acids is 1. The van der Waals surface area contributed by atoms with Crippen LogP contribution in [0.1, 0.15) is 37.9 Å². The number of fused-ring (bicyclic) bond motifs is 1. The van der Waals surface area contributed by atoms with Crippen LogP contribution in [-0.2, 0) is 14.3 Å². The predicted octanol–water partition coefficient (Wildman–Crippen LogP) is 3.96. The number of nitrogens with zero attached hydrogens (tertiary/aromatic N) is 6. The Morgan fingerprint density at radius 1 is 1.14 bits per heavy atom. The smallest absolute Gasteiger partial charge is 0.355 e. The minimum atomic E-state index is -1.17. The summed E-state index contributed by atoms with van der Waals surface area (Å²) < 4.78 is 21.4. The van der Waals surface area contributed by atoms with E-state index in [0.717, 1.165) is 5.56 Å². The van der Waals surface area contributed by atoms with Gasteiger partial charge in [0, 0.05) is 37.4 Å². The van der Waals surface area contributed by atoms with Crippen molar-refractivity contribution < 1.29 is 23.8 Å². The molecule has 1 N–H and O–H groups in total. The van der Waals surface area contributed by atoms with Crippen molar-refractivity contribution in [2.75, 3.05) is 24.5 Å². The minimum Gasteiger partial charge on any atom is -0.479 e. The Labute approximate surface area is 256 Å². The first-order chi connectivity index (χ1) is 21.0. The van der Waals surface area contributed by atoms with Crippen LogP contribution in [0.15, 0.2) is 47.4 Å². The van der Waals surface area contributed by atoms with Crippen LogP contribution < -0.4 is 10.6 Å². The van der Waals surface area contributed by atoms with E-state index in [1.54, 1.807) is 41.4 Å². The number of aromatic nitrogens is 4. The van der Waals surface area contributed by atoms with Gasteiger partial charge in [0.05, 0.1) is 27.5 Å². The van der Waals surface area contributed by atoms with Crippen molar-refractivity contribution >= 4 is 40.3 Å². The molecule has 4 aromatic rings. The second kappa shape index (κ2) is 11.3. The molecular weight excluding hydrogens is 591 g/mol. The van der Waals surface area contributed by atoms with E-state index in [1.807, 2.05) is 32.6 Å². The third-order valence-corrected chi connectivity index (χ3v) is 8.33. The molecule has 2 fully saturated rings. The second-order valence-corrected chi connectivity index (χ2v) is 11.8. The zero-order valence-electron chi connectivity index (χ0n) is 24.5. The monoisotopic (exact) mass is 620 g/mol. The summed E-state index contributed by atoms with van der Waals surface area (Å²) in [6.07, 6.45) is -0.434. The number of aryl methyl sites for hydroxylation is 1. The Balaban J connectivity index is 1.51. The lowest BCUT2D eigenvalue weighted by atomic mass is 10.0. The maximum atomic E-state index is 15.0. The van der Waals surface area contributed by atoms with Gasteiger partial charge in [-0.1, -0.05) is 37.6 Å². The van der Waals surface area contributed by atoms with E-state index in [0.29, 0.717) is 29.1 Å². The number of anilines is 1. The van der Waals surface area contributed by atoms with Crippen LogP contribution in [0.4, 0.5) is 10.2 Å². The summed E-state index contributed by atoms with van der Waals surface area (Å²) in [6.45, 7) is 8.52. The molecule has 0 spiro atoms. The van der Waals surface area contributed by atoms with Gasteiger partial charge in [0.1, 0.15) is 11.6 Å². The fraction of sp³-hybridized carbons (Fsp3) is 0.355. The van der Waals surface area contributed by atoms with Gasteiger partial charge >= 0.3 is 11.7 Å². The molecule has 0 unspecified atom stereocenters. The number of amides is 1. The standard InChI is InChI=1S/C31H30ClFN6O5/c1-15(2)22-24(16(3)9-10-34-22)39-28-19(13-20(32)23(35-28)18-7-5-6-8-21(18)33)27(36-31(39)43)38-12-11-37(14-17(38)4)29(40)25-26(44-25)30(41)42/h5-10,13,15,17,25-26H,11-12,14H2,1-4H3,(H,41,42)/t17-,25+,26+/m0/s1. The first kappa shape index (κ1) is 29.6. The molecule has 5 heterocycles. The Kier molecular flexibility index (Phi) is 7.58. The normalized spacial score (nSPS) is 19.9. The zero-order chi connectivity index (χ0) is 31.4. The largest absolute Gasteiger partial charge is 0.479 e. The molecule has 2 saturated heterocycles. The van der Waals surface area contributed by atoms with Crippen LogP contribution in [0.3, 0.4) is 0 Å². The van der Waals surface area contributed by atoms with Crippen LogP contribution >= 0.6 is 11.6 Å². The highest BCUT2D eigenvalue weighted by atomic mass is 35.5. The van der Waals surface area contributed by atoms with Crippen molar-refractivity contribution in [3.8, 4) is 16.9 Å². The molecule has 0 radical (unpaired) electrons. The average molecular weight is 621 g/mol. The van der Waals surface area contributed by atoms with Gasteiger partial charge in [0.25, 0.3) is 5.91 Å². The highest BCUT2D eigenvalue weighted by Crippen LogP contribution is 2.36. The molecular formula is C31H30ClFN6O5. The summed E-state index contributed by atoms with van der Waals surface area (Å²) in [5.41, 5.74) is 2.01. The third-order valence-electron chi connectivity index (χ3n) is 8.04. The number of rotatable bonds is 6.